The smallest absolute Gasteiger partial charge is 0.163 e. The van der Waals surface area contributed by atoms with E-state index in [1.54, 1.807) is 0 Å². The van der Waals surface area contributed by atoms with Crippen LogP contribution in [0.1, 0.15) is 0 Å². The highest BCUT2D eigenvalue weighted by Crippen LogP contribution is 2.33. The summed E-state index contributed by atoms with van der Waals surface area (Å²) < 4.78 is 12.1. The van der Waals surface area contributed by atoms with E-state index in [1.165, 1.54) is 6.33 Å². The summed E-state index contributed by atoms with van der Waals surface area (Å²) >= 11 is 3.46. The van der Waals surface area contributed by atoms with Crippen molar-refractivity contribution in [1.82, 2.24) is 9.97 Å². The Morgan fingerprint density at radius 3 is 2.28 bits per heavy atom. The van der Waals surface area contributed by atoms with E-state index in [9.17, 15) is 0 Å². The Hall–Kier alpha value is -2.80. The van der Waals surface area contributed by atoms with Gasteiger partial charge in [-0.3, -0.25) is 0 Å². The van der Waals surface area contributed by atoms with Crippen LogP contribution in [-0.2, 0) is 0 Å². The Balaban J connectivity index is 1.51. The maximum absolute atomic E-state index is 5.60. The number of anilines is 4. The number of halogens is 1. The standard InChI is InChI=1S/C18H15BrN4O2/c19-12-2-1-3-13(8-12)22-17-10-18(21-11-20-17)23-14-4-5-15-16(9-14)25-7-6-24-15/h1-5,8-11H,6-7H2,(H2,20,21,22,23). The van der Waals surface area contributed by atoms with Gasteiger partial charge in [0.15, 0.2) is 11.5 Å². The molecule has 2 heterocycles. The van der Waals surface area contributed by atoms with Gasteiger partial charge in [0.05, 0.1) is 0 Å². The summed E-state index contributed by atoms with van der Waals surface area (Å²) in [5.41, 5.74) is 1.81. The van der Waals surface area contributed by atoms with Crippen LogP contribution in [0.15, 0.2) is 59.3 Å². The summed E-state index contributed by atoms with van der Waals surface area (Å²) in [5, 5.41) is 6.51. The zero-order valence-electron chi connectivity index (χ0n) is 13.2. The second-order valence-corrected chi connectivity index (χ2v) is 6.32. The molecule has 4 rings (SSSR count). The average Bonchev–Trinajstić information content (AvgIpc) is 2.62. The number of nitrogens with zero attached hydrogens (tertiary/aromatic N) is 2. The Bertz CT molecular complexity index is 904. The predicted octanol–water partition coefficient (Wildman–Crippen LogP) is 4.50. The minimum absolute atomic E-state index is 0.560. The summed E-state index contributed by atoms with van der Waals surface area (Å²) in [5.74, 6) is 2.88. The van der Waals surface area contributed by atoms with Gasteiger partial charge in [-0.25, -0.2) is 9.97 Å². The summed E-state index contributed by atoms with van der Waals surface area (Å²) in [6.45, 7) is 1.14. The Labute approximate surface area is 153 Å². The number of rotatable bonds is 4. The van der Waals surface area contributed by atoms with Gasteiger partial charge in [0.25, 0.3) is 0 Å². The van der Waals surface area contributed by atoms with Crippen LogP contribution in [0.5, 0.6) is 11.5 Å². The van der Waals surface area contributed by atoms with E-state index in [-0.39, 0.29) is 0 Å². The third-order valence-corrected chi connectivity index (χ3v) is 4.07. The quantitative estimate of drug-likeness (QED) is 0.674. The largest absolute Gasteiger partial charge is 0.486 e. The SMILES string of the molecule is Brc1cccc(Nc2cc(Nc3ccc4c(c3)OCCO4)ncn2)c1. The van der Waals surface area contributed by atoms with Crippen molar-refractivity contribution in [3.8, 4) is 11.5 Å². The molecular weight excluding hydrogens is 384 g/mol. The predicted molar refractivity (Wildman–Crippen MR) is 100 cm³/mol. The number of ether oxygens (including phenoxy) is 2. The van der Waals surface area contributed by atoms with Crippen LogP contribution in [-0.4, -0.2) is 23.2 Å². The average molecular weight is 399 g/mol. The summed E-state index contributed by atoms with van der Waals surface area (Å²) in [7, 11) is 0. The third kappa shape index (κ3) is 3.83. The number of nitrogens with one attached hydrogen (secondary N) is 2. The van der Waals surface area contributed by atoms with Gasteiger partial charge in [-0.15, -0.1) is 0 Å². The van der Waals surface area contributed by atoms with Gasteiger partial charge in [0, 0.05) is 28.0 Å². The first-order valence-electron chi connectivity index (χ1n) is 7.77. The van der Waals surface area contributed by atoms with Crippen molar-refractivity contribution < 1.29 is 9.47 Å². The molecule has 0 bridgehead atoms. The monoisotopic (exact) mass is 398 g/mol. The fraction of sp³-hybridized carbons (Fsp3) is 0.111. The molecule has 6 nitrogen and oxygen atoms in total. The molecule has 3 aromatic rings. The van der Waals surface area contributed by atoms with Crippen molar-refractivity contribution in [3.05, 3.63) is 59.3 Å². The van der Waals surface area contributed by atoms with Crippen molar-refractivity contribution in [2.24, 2.45) is 0 Å². The Morgan fingerprint density at radius 2 is 1.52 bits per heavy atom. The lowest BCUT2D eigenvalue weighted by atomic mass is 10.2. The summed E-state index contributed by atoms with van der Waals surface area (Å²) in [4.78, 5) is 8.52. The summed E-state index contributed by atoms with van der Waals surface area (Å²) in [6, 6.07) is 15.4. The van der Waals surface area contributed by atoms with Gasteiger partial charge in [-0.1, -0.05) is 22.0 Å². The first-order chi connectivity index (χ1) is 12.3. The molecule has 0 radical (unpaired) electrons. The van der Waals surface area contributed by atoms with E-state index < -0.39 is 0 Å². The highest BCUT2D eigenvalue weighted by Gasteiger charge is 2.12. The first kappa shape index (κ1) is 15.7. The topological polar surface area (TPSA) is 68.3 Å². The van der Waals surface area contributed by atoms with Crippen LogP contribution in [0.4, 0.5) is 23.0 Å². The molecule has 1 aliphatic heterocycles. The molecular formula is C18H15BrN4O2. The molecule has 0 unspecified atom stereocenters. The minimum atomic E-state index is 0.560. The van der Waals surface area contributed by atoms with Crippen molar-refractivity contribution in [2.75, 3.05) is 23.8 Å². The molecule has 1 aliphatic rings. The highest BCUT2D eigenvalue weighted by atomic mass is 79.9. The molecule has 2 aromatic carbocycles. The maximum atomic E-state index is 5.60. The molecule has 0 saturated carbocycles. The van der Waals surface area contributed by atoms with Crippen molar-refractivity contribution in [1.29, 1.82) is 0 Å². The van der Waals surface area contributed by atoms with Crippen LogP contribution < -0.4 is 20.1 Å². The molecule has 0 spiro atoms. The van der Waals surface area contributed by atoms with Crippen LogP contribution >= 0.6 is 15.9 Å². The molecule has 0 aliphatic carbocycles. The molecule has 0 amide bonds. The van der Waals surface area contributed by atoms with Gasteiger partial charge in [0.1, 0.15) is 31.2 Å². The molecule has 0 atom stereocenters. The lowest BCUT2D eigenvalue weighted by molar-refractivity contribution is 0.171. The molecule has 1 aromatic heterocycles. The number of benzene rings is 2. The molecule has 126 valence electrons. The van der Waals surface area contributed by atoms with E-state index in [4.69, 9.17) is 9.47 Å². The zero-order chi connectivity index (χ0) is 17.1. The van der Waals surface area contributed by atoms with Crippen molar-refractivity contribution in [3.63, 3.8) is 0 Å². The van der Waals surface area contributed by atoms with Crippen LogP contribution in [0.3, 0.4) is 0 Å². The van der Waals surface area contributed by atoms with Crippen molar-refractivity contribution in [2.45, 2.75) is 0 Å². The van der Waals surface area contributed by atoms with Crippen LogP contribution in [0, 0.1) is 0 Å². The van der Waals surface area contributed by atoms with Crippen LogP contribution in [0.25, 0.3) is 0 Å². The van der Waals surface area contributed by atoms with Crippen molar-refractivity contribution >= 4 is 38.9 Å². The normalized spacial score (nSPS) is 12.5. The molecule has 2 N–H and O–H groups in total. The lowest BCUT2D eigenvalue weighted by Gasteiger charge is -2.19. The molecule has 25 heavy (non-hydrogen) atoms. The van der Waals surface area contributed by atoms with Gasteiger partial charge in [-0.2, -0.15) is 0 Å². The fourth-order valence-electron chi connectivity index (χ4n) is 2.48. The Morgan fingerprint density at radius 1 is 0.800 bits per heavy atom. The van der Waals surface area contributed by atoms with E-state index in [2.05, 4.69) is 36.5 Å². The lowest BCUT2D eigenvalue weighted by Crippen LogP contribution is -2.15. The summed E-state index contributed by atoms with van der Waals surface area (Å²) in [6.07, 6.45) is 1.51. The van der Waals surface area contributed by atoms with Gasteiger partial charge in [-0.05, 0) is 30.3 Å². The first-order valence-corrected chi connectivity index (χ1v) is 8.57. The van der Waals surface area contributed by atoms with E-state index in [1.807, 2.05) is 48.5 Å². The van der Waals surface area contributed by atoms with Crippen LogP contribution in [0.2, 0.25) is 0 Å². The maximum Gasteiger partial charge on any atom is 0.163 e. The second kappa shape index (κ2) is 6.98. The number of fused-ring (bicyclic) bond motifs is 1. The molecule has 7 heteroatoms. The van der Waals surface area contributed by atoms with Gasteiger partial charge < -0.3 is 20.1 Å². The van der Waals surface area contributed by atoms with E-state index in [0.29, 0.717) is 24.8 Å². The number of aromatic nitrogens is 2. The van der Waals surface area contributed by atoms with E-state index in [0.717, 1.165) is 27.3 Å². The Kier molecular flexibility index (Phi) is 4.39. The van der Waals surface area contributed by atoms with E-state index >= 15 is 0 Å². The third-order valence-electron chi connectivity index (χ3n) is 3.58. The molecule has 0 fully saturated rings. The minimum Gasteiger partial charge on any atom is -0.486 e. The fourth-order valence-corrected chi connectivity index (χ4v) is 2.88. The van der Waals surface area contributed by atoms with Gasteiger partial charge >= 0.3 is 0 Å². The van der Waals surface area contributed by atoms with Gasteiger partial charge in [0.2, 0.25) is 0 Å². The molecule has 0 saturated heterocycles. The number of hydrogen-bond donors (Lipinski definition) is 2. The zero-order valence-corrected chi connectivity index (χ0v) is 14.8. The second-order valence-electron chi connectivity index (χ2n) is 5.41. The highest BCUT2D eigenvalue weighted by molar-refractivity contribution is 9.10. The number of hydrogen-bond acceptors (Lipinski definition) is 6.